The number of aromatic nitrogens is 1. The molecule has 0 unspecified atom stereocenters. The zero-order chi connectivity index (χ0) is 19.4. The number of carbonyl (C=O) groups is 2. The Morgan fingerprint density at radius 1 is 1.22 bits per heavy atom. The minimum absolute atomic E-state index is 0.0267. The minimum Gasteiger partial charge on any atom is -0.484 e. The van der Waals surface area contributed by atoms with Gasteiger partial charge in [-0.2, -0.15) is 0 Å². The number of aryl methyl sites for hydroxylation is 3. The quantitative estimate of drug-likeness (QED) is 0.872. The molecule has 7 nitrogen and oxygen atoms in total. The Kier molecular flexibility index (Phi) is 5.78. The Morgan fingerprint density at radius 3 is 2.59 bits per heavy atom. The van der Waals surface area contributed by atoms with Gasteiger partial charge in [0.05, 0.1) is 0 Å². The molecule has 1 fully saturated rings. The van der Waals surface area contributed by atoms with Crippen LogP contribution in [0.2, 0.25) is 0 Å². The van der Waals surface area contributed by atoms with Gasteiger partial charge in [-0.1, -0.05) is 22.9 Å². The summed E-state index contributed by atoms with van der Waals surface area (Å²) in [6.07, 6.45) is 1.41. The first-order valence-electron chi connectivity index (χ1n) is 9.14. The lowest BCUT2D eigenvalue weighted by molar-refractivity contribution is -0.134. The number of rotatable bonds is 5. The number of piperidine rings is 1. The molecule has 27 heavy (non-hydrogen) atoms. The summed E-state index contributed by atoms with van der Waals surface area (Å²) in [5.74, 6) is 1.06. The molecule has 144 valence electrons. The maximum absolute atomic E-state index is 12.4. The summed E-state index contributed by atoms with van der Waals surface area (Å²) >= 11 is 0. The lowest BCUT2D eigenvalue weighted by atomic mass is 10.0. The minimum atomic E-state index is -0.241. The van der Waals surface area contributed by atoms with Crippen LogP contribution in [0.15, 0.2) is 28.8 Å². The number of carbonyl (C=O) groups excluding carboxylic acids is 2. The standard InChI is InChI=1S/C20H25N3O4/c1-13-4-5-18(14(2)10-13)26-12-19(24)23-8-6-16(7-9-23)21-20(25)17-11-15(3)27-22-17/h4-5,10-11,16H,6-9,12H2,1-3H3,(H,21,25). The molecule has 1 N–H and O–H groups in total. The third kappa shape index (κ3) is 4.87. The monoisotopic (exact) mass is 371 g/mol. The van der Waals surface area contributed by atoms with Crippen LogP contribution in [0.1, 0.15) is 40.2 Å². The summed E-state index contributed by atoms with van der Waals surface area (Å²) < 4.78 is 10.6. The predicted octanol–water partition coefficient (Wildman–Crippen LogP) is 2.40. The summed E-state index contributed by atoms with van der Waals surface area (Å²) in [5, 5.41) is 6.67. The van der Waals surface area contributed by atoms with E-state index in [9.17, 15) is 9.59 Å². The first-order valence-corrected chi connectivity index (χ1v) is 9.14. The lowest BCUT2D eigenvalue weighted by Gasteiger charge is -2.32. The zero-order valence-electron chi connectivity index (χ0n) is 15.9. The van der Waals surface area contributed by atoms with Gasteiger partial charge < -0.3 is 19.5 Å². The number of amides is 2. The Bertz CT molecular complexity index is 822. The lowest BCUT2D eigenvalue weighted by Crippen LogP contribution is -2.47. The van der Waals surface area contributed by atoms with Crippen LogP contribution in [-0.4, -0.2) is 47.6 Å². The van der Waals surface area contributed by atoms with Gasteiger partial charge in [0, 0.05) is 25.2 Å². The summed E-state index contributed by atoms with van der Waals surface area (Å²) in [5.41, 5.74) is 2.47. The summed E-state index contributed by atoms with van der Waals surface area (Å²) in [4.78, 5) is 26.3. The van der Waals surface area contributed by atoms with Gasteiger partial charge in [-0.15, -0.1) is 0 Å². The van der Waals surface area contributed by atoms with Crippen molar-refractivity contribution in [2.75, 3.05) is 19.7 Å². The number of nitrogens with one attached hydrogen (secondary N) is 1. The van der Waals surface area contributed by atoms with E-state index in [0.29, 0.717) is 31.7 Å². The van der Waals surface area contributed by atoms with Crippen molar-refractivity contribution in [2.45, 2.75) is 39.7 Å². The van der Waals surface area contributed by atoms with Gasteiger partial charge in [-0.05, 0) is 45.2 Å². The van der Waals surface area contributed by atoms with Gasteiger partial charge in [0.25, 0.3) is 11.8 Å². The van der Waals surface area contributed by atoms with E-state index in [1.54, 1.807) is 17.9 Å². The highest BCUT2D eigenvalue weighted by Crippen LogP contribution is 2.19. The molecule has 0 atom stereocenters. The van der Waals surface area contributed by atoms with Crippen LogP contribution in [0.3, 0.4) is 0 Å². The average molecular weight is 371 g/mol. The van der Waals surface area contributed by atoms with Gasteiger partial charge in [0.2, 0.25) is 0 Å². The molecule has 0 saturated carbocycles. The van der Waals surface area contributed by atoms with Crippen LogP contribution in [0.4, 0.5) is 0 Å². The van der Waals surface area contributed by atoms with Gasteiger partial charge in [-0.3, -0.25) is 9.59 Å². The summed E-state index contributed by atoms with van der Waals surface area (Å²) in [7, 11) is 0. The van der Waals surface area contributed by atoms with Crippen molar-refractivity contribution in [3.05, 3.63) is 46.8 Å². The molecule has 1 aromatic heterocycles. The molecule has 2 aromatic rings. The van der Waals surface area contributed by atoms with E-state index in [0.717, 1.165) is 16.9 Å². The molecule has 0 radical (unpaired) electrons. The van der Waals surface area contributed by atoms with Crippen molar-refractivity contribution >= 4 is 11.8 Å². The van der Waals surface area contributed by atoms with Gasteiger partial charge in [-0.25, -0.2) is 0 Å². The Labute approximate surface area is 158 Å². The van der Waals surface area contributed by atoms with Crippen LogP contribution >= 0.6 is 0 Å². The smallest absolute Gasteiger partial charge is 0.273 e. The molecule has 0 spiro atoms. The van der Waals surface area contributed by atoms with Gasteiger partial charge >= 0.3 is 0 Å². The first-order chi connectivity index (χ1) is 12.9. The second kappa shape index (κ2) is 8.24. The van der Waals surface area contributed by atoms with Crippen molar-refractivity contribution in [3.8, 4) is 5.75 Å². The number of likely N-dealkylation sites (tertiary alicyclic amines) is 1. The average Bonchev–Trinajstić information content (AvgIpc) is 3.08. The van der Waals surface area contributed by atoms with Crippen molar-refractivity contribution in [1.29, 1.82) is 0 Å². The number of hydrogen-bond acceptors (Lipinski definition) is 5. The highest BCUT2D eigenvalue weighted by Gasteiger charge is 2.25. The fraction of sp³-hybridized carbons (Fsp3) is 0.450. The molecule has 7 heteroatoms. The number of benzene rings is 1. The highest BCUT2D eigenvalue weighted by atomic mass is 16.5. The normalized spacial score (nSPS) is 14.9. The molecule has 3 rings (SSSR count). The molecule has 0 aliphatic carbocycles. The molecule has 2 amide bonds. The highest BCUT2D eigenvalue weighted by molar-refractivity contribution is 5.92. The van der Waals surface area contributed by atoms with Crippen molar-refractivity contribution in [3.63, 3.8) is 0 Å². The van der Waals surface area contributed by atoms with E-state index in [1.165, 1.54) is 0 Å². The van der Waals surface area contributed by atoms with E-state index in [4.69, 9.17) is 9.26 Å². The van der Waals surface area contributed by atoms with Crippen molar-refractivity contribution in [2.24, 2.45) is 0 Å². The van der Waals surface area contributed by atoms with E-state index < -0.39 is 0 Å². The molecule has 2 heterocycles. The van der Waals surface area contributed by atoms with E-state index >= 15 is 0 Å². The Hall–Kier alpha value is -2.83. The second-order valence-corrected chi connectivity index (χ2v) is 7.01. The largest absolute Gasteiger partial charge is 0.484 e. The molecular weight excluding hydrogens is 346 g/mol. The molecule has 1 aliphatic rings. The van der Waals surface area contributed by atoms with Crippen LogP contribution in [-0.2, 0) is 4.79 Å². The number of nitrogens with zero attached hydrogens (tertiary/aromatic N) is 2. The first kappa shape index (κ1) is 18.9. The third-order valence-corrected chi connectivity index (χ3v) is 4.73. The van der Waals surface area contributed by atoms with Crippen LogP contribution in [0.25, 0.3) is 0 Å². The van der Waals surface area contributed by atoms with Crippen molar-refractivity contribution < 1.29 is 18.8 Å². The van der Waals surface area contributed by atoms with Gasteiger partial charge in [0.15, 0.2) is 12.3 Å². The van der Waals surface area contributed by atoms with E-state index in [1.807, 2.05) is 32.0 Å². The fourth-order valence-corrected chi connectivity index (χ4v) is 3.20. The molecule has 0 bridgehead atoms. The van der Waals surface area contributed by atoms with Crippen LogP contribution in [0, 0.1) is 20.8 Å². The van der Waals surface area contributed by atoms with Crippen LogP contribution in [0.5, 0.6) is 5.75 Å². The number of hydrogen-bond donors (Lipinski definition) is 1. The zero-order valence-corrected chi connectivity index (χ0v) is 15.9. The maximum atomic E-state index is 12.4. The van der Waals surface area contributed by atoms with E-state index in [2.05, 4.69) is 10.5 Å². The maximum Gasteiger partial charge on any atom is 0.273 e. The fourth-order valence-electron chi connectivity index (χ4n) is 3.20. The molecule has 1 aliphatic heterocycles. The Morgan fingerprint density at radius 2 is 1.96 bits per heavy atom. The third-order valence-electron chi connectivity index (χ3n) is 4.73. The number of ether oxygens (including phenoxy) is 1. The molecule has 1 aromatic carbocycles. The predicted molar refractivity (Wildman–Crippen MR) is 99.7 cm³/mol. The Balaban J connectivity index is 1.44. The van der Waals surface area contributed by atoms with Gasteiger partial charge in [0.1, 0.15) is 11.5 Å². The SMILES string of the molecule is Cc1ccc(OCC(=O)N2CCC(NC(=O)c3cc(C)on3)CC2)c(C)c1. The van der Waals surface area contributed by atoms with Crippen LogP contribution < -0.4 is 10.1 Å². The second-order valence-electron chi connectivity index (χ2n) is 7.01. The topological polar surface area (TPSA) is 84.7 Å². The summed E-state index contributed by atoms with van der Waals surface area (Å²) in [6.45, 7) is 6.95. The summed E-state index contributed by atoms with van der Waals surface area (Å²) in [6, 6.07) is 7.53. The molecule has 1 saturated heterocycles. The van der Waals surface area contributed by atoms with E-state index in [-0.39, 0.29) is 30.2 Å². The molecular formula is C20H25N3O4. The van der Waals surface area contributed by atoms with Crippen molar-refractivity contribution in [1.82, 2.24) is 15.4 Å².